The molecule has 0 fully saturated rings. The summed E-state index contributed by atoms with van der Waals surface area (Å²) in [5.41, 5.74) is 0. The summed E-state index contributed by atoms with van der Waals surface area (Å²) in [5, 5.41) is 3.59. The fourth-order valence-electron chi connectivity index (χ4n) is 0.815. The lowest BCUT2D eigenvalue weighted by Crippen LogP contribution is -2.23. The van der Waals surface area contributed by atoms with Crippen molar-refractivity contribution in [2.75, 3.05) is 5.88 Å². The van der Waals surface area contributed by atoms with Crippen LogP contribution < -0.4 is 5.32 Å². The first-order chi connectivity index (χ1) is 6.26. The second-order valence-electron chi connectivity index (χ2n) is 2.48. The molecule has 0 bridgehead atoms. The van der Waals surface area contributed by atoms with E-state index in [9.17, 15) is 4.79 Å². The molecule has 0 spiro atoms. The van der Waals surface area contributed by atoms with E-state index in [0.717, 1.165) is 11.4 Å². The summed E-state index contributed by atoms with van der Waals surface area (Å²) in [6, 6.07) is 0. The molecule has 1 N–H and O–H groups in total. The third-order valence-electron chi connectivity index (χ3n) is 1.51. The quantitative estimate of drug-likeness (QED) is 0.780. The van der Waals surface area contributed by atoms with E-state index in [-0.39, 0.29) is 11.8 Å². The second kappa shape index (κ2) is 5.19. The molecular formula is C8H11ClN2OS. The molecule has 1 amide bonds. The minimum Gasteiger partial charge on any atom is -0.349 e. The van der Waals surface area contributed by atoms with E-state index in [1.807, 2.05) is 6.20 Å². The van der Waals surface area contributed by atoms with E-state index in [1.54, 1.807) is 11.3 Å². The average Bonchev–Trinajstić information content (AvgIpc) is 2.61. The van der Waals surface area contributed by atoms with Crippen molar-refractivity contribution in [3.63, 3.8) is 0 Å². The van der Waals surface area contributed by atoms with Crippen LogP contribution in [0.4, 0.5) is 0 Å². The molecule has 0 aliphatic carbocycles. The Morgan fingerprint density at radius 3 is 3.08 bits per heavy atom. The molecule has 13 heavy (non-hydrogen) atoms. The van der Waals surface area contributed by atoms with Crippen LogP contribution >= 0.6 is 22.9 Å². The number of halogens is 1. The van der Waals surface area contributed by atoms with Gasteiger partial charge in [0.2, 0.25) is 5.91 Å². The van der Waals surface area contributed by atoms with Crippen molar-refractivity contribution in [1.82, 2.24) is 10.3 Å². The number of aryl methyl sites for hydroxylation is 1. The van der Waals surface area contributed by atoms with Crippen LogP contribution in [0.25, 0.3) is 0 Å². The van der Waals surface area contributed by atoms with E-state index in [1.165, 1.54) is 4.88 Å². The predicted octanol–water partition coefficient (Wildman–Crippen LogP) is 1.56. The number of hydrogen-bond acceptors (Lipinski definition) is 3. The highest BCUT2D eigenvalue weighted by atomic mass is 35.5. The van der Waals surface area contributed by atoms with Gasteiger partial charge >= 0.3 is 0 Å². The molecule has 0 atom stereocenters. The number of alkyl halides is 1. The number of aromatic nitrogens is 1. The Morgan fingerprint density at radius 1 is 1.77 bits per heavy atom. The minimum absolute atomic E-state index is 0.00596. The normalized spacial score (nSPS) is 10.0. The molecule has 72 valence electrons. The zero-order valence-electron chi connectivity index (χ0n) is 7.34. The zero-order valence-corrected chi connectivity index (χ0v) is 8.91. The standard InChI is InChI=1S/C8H11ClN2OS/c1-2-6-4-11-8(13-6)5-10-7(12)3-9/h4H,2-3,5H2,1H3,(H,10,12). The molecule has 5 heteroatoms. The molecule has 0 aliphatic rings. The molecule has 1 heterocycles. The summed E-state index contributed by atoms with van der Waals surface area (Å²) in [5.74, 6) is -0.152. The van der Waals surface area contributed by atoms with Gasteiger partial charge in [-0.05, 0) is 6.42 Å². The van der Waals surface area contributed by atoms with Crippen LogP contribution in [0.1, 0.15) is 16.8 Å². The fourth-order valence-corrected chi connectivity index (χ4v) is 1.71. The van der Waals surface area contributed by atoms with Crippen LogP contribution in [0.2, 0.25) is 0 Å². The van der Waals surface area contributed by atoms with Crippen molar-refractivity contribution in [2.45, 2.75) is 19.9 Å². The van der Waals surface area contributed by atoms with Crippen molar-refractivity contribution >= 4 is 28.8 Å². The summed E-state index contributed by atoms with van der Waals surface area (Å²) in [4.78, 5) is 16.2. The van der Waals surface area contributed by atoms with E-state index < -0.39 is 0 Å². The molecule has 0 aromatic carbocycles. The maximum Gasteiger partial charge on any atom is 0.235 e. The number of hydrogen-bond donors (Lipinski definition) is 1. The molecule has 1 aromatic heterocycles. The molecule has 0 saturated heterocycles. The van der Waals surface area contributed by atoms with Crippen LogP contribution in [0, 0.1) is 0 Å². The molecule has 0 aliphatic heterocycles. The first-order valence-electron chi connectivity index (χ1n) is 4.02. The first-order valence-corrected chi connectivity index (χ1v) is 5.37. The Bertz CT molecular complexity index is 287. The number of nitrogens with one attached hydrogen (secondary N) is 1. The number of thiazole rings is 1. The Morgan fingerprint density at radius 2 is 2.54 bits per heavy atom. The maximum absolute atomic E-state index is 10.8. The van der Waals surface area contributed by atoms with Gasteiger partial charge in [-0.25, -0.2) is 4.98 Å². The molecule has 1 rings (SSSR count). The number of carbonyl (C=O) groups is 1. The van der Waals surface area contributed by atoms with Crippen LogP contribution in [-0.2, 0) is 17.8 Å². The third-order valence-corrected chi connectivity index (χ3v) is 2.89. The SMILES string of the molecule is CCc1cnc(CNC(=O)CCl)s1. The van der Waals surface area contributed by atoms with Gasteiger partial charge in [-0.15, -0.1) is 22.9 Å². The largest absolute Gasteiger partial charge is 0.349 e. The molecule has 3 nitrogen and oxygen atoms in total. The second-order valence-corrected chi connectivity index (χ2v) is 3.95. The Kier molecular flexibility index (Phi) is 4.18. The van der Waals surface area contributed by atoms with Gasteiger partial charge in [0, 0.05) is 11.1 Å². The Labute approximate surface area is 86.1 Å². The zero-order chi connectivity index (χ0) is 9.68. The van der Waals surface area contributed by atoms with Gasteiger partial charge in [0.05, 0.1) is 6.54 Å². The molecule has 0 radical (unpaired) electrons. The Balaban J connectivity index is 2.41. The summed E-state index contributed by atoms with van der Waals surface area (Å²) in [7, 11) is 0. The third kappa shape index (κ3) is 3.32. The van der Waals surface area contributed by atoms with Gasteiger partial charge in [-0.3, -0.25) is 4.79 Å². The van der Waals surface area contributed by atoms with Crippen molar-refractivity contribution in [3.05, 3.63) is 16.1 Å². The van der Waals surface area contributed by atoms with Crippen LogP contribution in [0.5, 0.6) is 0 Å². The molecule has 0 saturated carbocycles. The summed E-state index contributed by atoms with van der Waals surface area (Å²) >= 11 is 6.94. The highest BCUT2D eigenvalue weighted by Crippen LogP contribution is 2.12. The highest BCUT2D eigenvalue weighted by molar-refractivity contribution is 7.11. The monoisotopic (exact) mass is 218 g/mol. The van der Waals surface area contributed by atoms with Gasteiger partial charge in [0.1, 0.15) is 10.9 Å². The molecular weight excluding hydrogens is 208 g/mol. The van der Waals surface area contributed by atoms with E-state index in [4.69, 9.17) is 11.6 Å². The van der Waals surface area contributed by atoms with Crippen molar-refractivity contribution in [1.29, 1.82) is 0 Å². The fraction of sp³-hybridized carbons (Fsp3) is 0.500. The number of carbonyl (C=O) groups excluding carboxylic acids is 1. The van der Waals surface area contributed by atoms with E-state index in [2.05, 4.69) is 17.2 Å². The van der Waals surface area contributed by atoms with Crippen LogP contribution in [-0.4, -0.2) is 16.8 Å². The van der Waals surface area contributed by atoms with Crippen LogP contribution in [0.3, 0.4) is 0 Å². The van der Waals surface area contributed by atoms with Gasteiger partial charge in [0.15, 0.2) is 0 Å². The lowest BCUT2D eigenvalue weighted by molar-refractivity contribution is -0.118. The van der Waals surface area contributed by atoms with E-state index >= 15 is 0 Å². The van der Waals surface area contributed by atoms with Crippen LogP contribution in [0.15, 0.2) is 6.20 Å². The summed E-state index contributed by atoms with van der Waals surface area (Å²) < 4.78 is 0. The van der Waals surface area contributed by atoms with Crippen molar-refractivity contribution in [2.24, 2.45) is 0 Å². The van der Waals surface area contributed by atoms with Gasteiger partial charge in [0.25, 0.3) is 0 Å². The highest BCUT2D eigenvalue weighted by Gasteiger charge is 2.02. The molecule has 0 unspecified atom stereocenters. The average molecular weight is 219 g/mol. The summed E-state index contributed by atoms with van der Waals surface area (Å²) in [6.07, 6.45) is 2.83. The summed E-state index contributed by atoms with van der Waals surface area (Å²) in [6.45, 7) is 2.56. The minimum atomic E-state index is -0.157. The topological polar surface area (TPSA) is 42.0 Å². The molecule has 1 aromatic rings. The maximum atomic E-state index is 10.8. The smallest absolute Gasteiger partial charge is 0.235 e. The van der Waals surface area contributed by atoms with Gasteiger partial charge < -0.3 is 5.32 Å². The van der Waals surface area contributed by atoms with Gasteiger partial charge in [-0.1, -0.05) is 6.92 Å². The van der Waals surface area contributed by atoms with Crippen molar-refractivity contribution < 1.29 is 4.79 Å². The lowest BCUT2D eigenvalue weighted by Gasteiger charge is -1.97. The van der Waals surface area contributed by atoms with Gasteiger partial charge in [-0.2, -0.15) is 0 Å². The number of nitrogens with zero attached hydrogens (tertiary/aromatic N) is 1. The predicted molar refractivity (Wildman–Crippen MR) is 54.1 cm³/mol. The van der Waals surface area contributed by atoms with Crippen molar-refractivity contribution in [3.8, 4) is 0 Å². The number of rotatable bonds is 4. The first kappa shape index (κ1) is 10.5. The number of amides is 1. The Hall–Kier alpha value is -0.610. The van der Waals surface area contributed by atoms with E-state index in [0.29, 0.717) is 6.54 Å². The lowest BCUT2D eigenvalue weighted by atomic mass is 10.4.